The zero-order chi connectivity index (χ0) is 14.7. The molecule has 0 aromatic carbocycles. The number of hydrogen-bond acceptors (Lipinski definition) is 4. The van der Waals surface area contributed by atoms with Crippen LogP contribution in [0.25, 0.3) is 0 Å². The molecule has 4 nitrogen and oxygen atoms in total. The molecule has 1 aliphatic rings. The lowest BCUT2D eigenvalue weighted by Crippen LogP contribution is -2.21. The van der Waals surface area contributed by atoms with Crippen molar-refractivity contribution >= 4 is 0 Å². The van der Waals surface area contributed by atoms with E-state index < -0.39 is 0 Å². The number of aryl methyl sites for hydroxylation is 1. The monoisotopic (exact) mass is 280 g/mol. The Bertz CT molecular complexity index is 412. The summed E-state index contributed by atoms with van der Waals surface area (Å²) < 4.78 is 5.13. The van der Waals surface area contributed by atoms with Crippen LogP contribution in [0, 0.1) is 30.6 Å². The molecule has 1 aliphatic carbocycles. The van der Waals surface area contributed by atoms with Crippen molar-refractivity contribution in [2.24, 2.45) is 23.7 Å². The Morgan fingerprint density at radius 1 is 1.30 bits per heavy atom. The van der Waals surface area contributed by atoms with E-state index in [4.69, 9.17) is 4.52 Å². The third-order valence-corrected chi connectivity index (χ3v) is 4.68. The van der Waals surface area contributed by atoms with Gasteiger partial charge in [-0.2, -0.15) is 4.98 Å². The highest BCUT2D eigenvalue weighted by molar-refractivity contribution is 4.97. The maximum atomic E-state index is 9.65. The van der Waals surface area contributed by atoms with E-state index in [0.29, 0.717) is 36.2 Å². The van der Waals surface area contributed by atoms with Crippen molar-refractivity contribution in [2.45, 2.75) is 59.3 Å². The SMILES string of the molecule is Cc1nc(C(CC(C)[C@H](CO)CC2CC2)C(C)C)no1. The van der Waals surface area contributed by atoms with Crippen molar-refractivity contribution in [3.05, 3.63) is 11.7 Å². The average molecular weight is 280 g/mol. The smallest absolute Gasteiger partial charge is 0.223 e. The molecule has 1 fully saturated rings. The maximum absolute atomic E-state index is 9.65. The summed E-state index contributed by atoms with van der Waals surface area (Å²) in [5.74, 6) is 4.02. The van der Waals surface area contributed by atoms with Gasteiger partial charge < -0.3 is 9.63 Å². The van der Waals surface area contributed by atoms with Crippen LogP contribution in [0.15, 0.2) is 4.52 Å². The molecule has 114 valence electrons. The Morgan fingerprint density at radius 2 is 2.00 bits per heavy atom. The molecular weight excluding hydrogens is 252 g/mol. The zero-order valence-corrected chi connectivity index (χ0v) is 13.2. The molecule has 1 heterocycles. The maximum Gasteiger partial charge on any atom is 0.223 e. The second-order valence-corrected chi connectivity index (χ2v) is 6.86. The van der Waals surface area contributed by atoms with Gasteiger partial charge in [-0.15, -0.1) is 0 Å². The van der Waals surface area contributed by atoms with Crippen molar-refractivity contribution < 1.29 is 9.63 Å². The number of aliphatic hydroxyl groups excluding tert-OH is 1. The van der Waals surface area contributed by atoms with Gasteiger partial charge in [0, 0.05) is 19.4 Å². The average Bonchev–Trinajstić information content (AvgIpc) is 3.13. The van der Waals surface area contributed by atoms with Crippen LogP contribution in [0.5, 0.6) is 0 Å². The quantitative estimate of drug-likeness (QED) is 0.791. The fourth-order valence-electron chi connectivity index (χ4n) is 3.00. The van der Waals surface area contributed by atoms with Crippen LogP contribution in [0.1, 0.15) is 64.1 Å². The summed E-state index contributed by atoms with van der Waals surface area (Å²) in [6.45, 7) is 8.80. The Balaban J connectivity index is 1.99. The standard InChI is InChI=1S/C16H28N2O2/c1-10(2)15(16-17-12(4)20-18-16)7-11(3)14(9-19)8-13-5-6-13/h10-11,13-15,19H,5-9H2,1-4H3/t11?,14-,15?/m0/s1. The van der Waals surface area contributed by atoms with Crippen LogP contribution in [-0.2, 0) is 0 Å². The molecule has 0 spiro atoms. The third kappa shape index (κ3) is 4.05. The van der Waals surface area contributed by atoms with E-state index in [1.54, 1.807) is 0 Å². The summed E-state index contributed by atoms with van der Waals surface area (Å²) in [7, 11) is 0. The number of hydrogen-bond donors (Lipinski definition) is 1. The summed E-state index contributed by atoms with van der Waals surface area (Å²) in [5.41, 5.74) is 0. The molecule has 0 amide bonds. The first-order valence-corrected chi connectivity index (χ1v) is 7.92. The minimum Gasteiger partial charge on any atom is -0.396 e. The van der Waals surface area contributed by atoms with E-state index in [2.05, 4.69) is 30.9 Å². The number of aromatic nitrogens is 2. The molecule has 0 bridgehead atoms. The van der Waals surface area contributed by atoms with Crippen molar-refractivity contribution in [3.63, 3.8) is 0 Å². The van der Waals surface area contributed by atoms with Crippen molar-refractivity contribution in [3.8, 4) is 0 Å². The summed E-state index contributed by atoms with van der Waals surface area (Å²) in [4.78, 5) is 4.40. The lowest BCUT2D eigenvalue weighted by Gasteiger charge is -2.27. The highest BCUT2D eigenvalue weighted by atomic mass is 16.5. The molecule has 20 heavy (non-hydrogen) atoms. The lowest BCUT2D eigenvalue weighted by atomic mass is 9.79. The van der Waals surface area contributed by atoms with Gasteiger partial charge in [0.25, 0.3) is 0 Å². The first-order chi connectivity index (χ1) is 9.51. The largest absolute Gasteiger partial charge is 0.396 e. The minimum atomic E-state index is 0.299. The second-order valence-electron chi connectivity index (χ2n) is 6.86. The summed E-state index contributed by atoms with van der Waals surface area (Å²) >= 11 is 0. The number of rotatable bonds is 8. The molecular formula is C16H28N2O2. The normalized spacial score (nSPS) is 20.1. The summed E-state index contributed by atoms with van der Waals surface area (Å²) in [6.07, 6.45) is 4.89. The Hall–Kier alpha value is -0.900. The van der Waals surface area contributed by atoms with Gasteiger partial charge in [0.05, 0.1) is 0 Å². The van der Waals surface area contributed by atoms with Gasteiger partial charge in [0.2, 0.25) is 5.89 Å². The van der Waals surface area contributed by atoms with Gasteiger partial charge in [0.15, 0.2) is 5.82 Å². The van der Waals surface area contributed by atoms with Crippen molar-refractivity contribution in [2.75, 3.05) is 6.61 Å². The first kappa shape index (κ1) is 15.5. The van der Waals surface area contributed by atoms with E-state index in [1.165, 1.54) is 19.3 Å². The Labute approximate surface area is 122 Å². The van der Waals surface area contributed by atoms with Gasteiger partial charge in [-0.1, -0.05) is 38.8 Å². The summed E-state index contributed by atoms with van der Waals surface area (Å²) in [6, 6.07) is 0. The highest BCUT2D eigenvalue weighted by Gasteiger charge is 2.31. The molecule has 3 atom stereocenters. The van der Waals surface area contributed by atoms with Gasteiger partial charge in [-0.25, -0.2) is 0 Å². The predicted molar refractivity (Wildman–Crippen MR) is 78.3 cm³/mol. The molecule has 0 radical (unpaired) electrons. The van der Waals surface area contributed by atoms with E-state index in [0.717, 1.165) is 18.2 Å². The topological polar surface area (TPSA) is 59.2 Å². The van der Waals surface area contributed by atoms with Gasteiger partial charge >= 0.3 is 0 Å². The van der Waals surface area contributed by atoms with Crippen molar-refractivity contribution in [1.29, 1.82) is 0 Å². The Morgan fingerprint density at radius 3 is 2.45 bits per heavy atom. The first-order valence-electron chi connectivity index (χ1n) is 7.92. The van der Waals surface area contributed by atoms with Gasteiger partial charge in [0.1, 0.15) is 0 Å². The number of nitrogens with zero attached hydrogens (tertiary/aromatic N) is 2. The van der Waals surface area contributed by atoms with E-state index in [-0.39, 0.29) is 0 Å². The van der Waals surface area contributed by atoms with Crippen LogP contribution < -0.4 is 0 Å². The van der Waals surface area contributed by atoms with Crippen LogP contribution in [-0.4, -0.2) is 21.9 Å². The van der Waals surface area contributed by atoms with Gasteiger partial charge in [-0.3, -0.25) is 0 Å². The molecule has 0 saturated heterocycles. The molecule has 2 rings (SSSR count). The highest BCUT2D eigenvalue weighted by Crippen LogP contribution is 2.40. The molecule has 1 aromatic rings. The van der Waals surface area contributed by atoms with Crippen LogP contribution in [0.2, 0.25) is 0 Å². The van der Waals surface area contributed by atoms with E-state index in [1.807, 2.05) is 6.92 Å². The van der Waals surface area contributed by atoms with E-state index in [9.17, 15) is 5.11 Å². The van der Waals surface area contributed by atoms with Crippen LogP contribution >= 0.6 is 0 Å². The minimum absolute atomic E-state index is 0.299. The molecule has 1 saturated carbocycles. The fourth-order valence-corrected chi connectivity index (χ4v) is 3.00. The second kappa shape index (κ2) is 6.70. The van der Waals surface area contributed by atoms with Gasteiger partial charge in [-0.05, 0) is 36.5 Å². The van der Waals surface area contributed by atoms with Crippen LogP contribution in [0.4, 0.5) is 0 Å². The number of aliphatic hydroxyl groups is 1. The van der Waals surface area contributed by atoms with Crippen LogP contribution in [0.3, 0.4) is 0 Å². The molecule has 2 unspecified atom stereocenters. The molecule has 1 N–H and O–H groups in total. The predicted octanol–water partition coefficient (Wildman–Crippen LogP) is 3.55. The zero-order valence-electron chi connectivity index (χ0n) is 13.2. The molecule has 0 aliphatic heterocycles. The lowest BCUT2D eigenvalue weighted by molar-refractivity contribution is 0.153. The molecule has 1 aromatic heterocycles. The Kier molecular flexibility index (Phi) is 5.19. The fraction of sp³-hybridized carbons (Fsp3) is 0.875. The summed E-state index contributed by atoms with van der Waals surface area (Å²) in [5, 5.41) is 13.7. The molecule has 4 heteroatoms. The third-order valence-electron chi connectivity index (χ3n) is 4.68. The van der Waals surface area contributed by atoms with Crippen molar-refractivity contribution in [1.82, 2.24) is 10.1 Å². The van der Waals surface area contributed by atoms with E-state index >= 15 is 0 Å².